The predicted molar refractivity (Wildman–Crippen MR) is 114 cm³/mol. The van der Waals surface area contributed by atoms with Crippen molar-refractivity contribution in [3.05, 3.63) is 53.3 Å². The third-order valence-corrected chi connectivity index (χ3v) is 5.33. The highest BCUT2D eigenvalue weighted by molar-refractivity contribution is 6.33. The van der Waals surface area contributed by atoms with Crippen LogP contribution in [-0.4, -0.2) is 49.6 Å². The molecule has 1 atom stereocenters. The summed E-state index contributed by atoms with van der Waals surface area (Å²) in [5.74, 6) is -0.682. The minimum Gasteiger partial charge on any atom is -0.374 e. The zero-order chi connectivity index (χ0) is 20.1. The molecule has 1 aliphatic heterocycles. The number of nitrogens with one attached hydrogen (secondary N) is 2. The fourth-order valence-electron chi connectivity index (χ4n) is 3.24. The van der Waals surface area contributed by atoms with Crippen LogP contribution in [0.25, 0.3) is 0 Å². The van der Waals surface area contributed by atoms with Crippen LogP contribution >= 0.6 is 11.6 Å². The van der Waals surface area contributed by atoms with Crippen molar-refractivity contribution in [1.29, 1.82) is 0 Å². The number of hydrogen-bond donors (Lipinski definition) is 2. The Morgan fingerprint density at radius 1 is 1.14 bits per heavy atom. The van der Waals surface area contributed by atoms with Crippen LogP contribution < -0.4 is 15.5 Å². The summed E-state index contributed by atoms with van der Waals surface area (Å²) in [7, 11) is 0. The number of halogens is 2. The van der Waals surface area contributed by atoms with E-state index >= 15 is 0 Å². The fraction of sp³-hybridized carbons (Fsp3) is 0.381. The molecule has 3 rings (SSSR count). The van der Waals surface area contributed by atoms with Crippen LogP contribution in [-0.2, 0) is 4.79 Å². The van der Waals surface area contributed by atoms with E-state index in [9.17, 15) is 9.18 Å². The van der Waals surface area contributed by atoms with E-state index in [-0.39, 0.29) is 10.9 Å². The zero-order valence-corrected chi connectivity index (χ0v) is 17.0. The topological polar surface area (TPSA) is 47.6 Å². The van der Waals surface area contributed by atoms with Gasteiger partial charge in [0.05, 0.1) is 10.7 Å². The molecule has 5 nitrogen and oxygen atoms in total. The van der Waals surface area contributed by atoms with Gasteiger partial charge in [-0.3, -0.25) is 4.79 Å². The normalized spacial score (nSPS) is 15.9. The molecule has 0 spiro atoms. The van der Waals surface area contributed by atoms with E-state index in [0.717, 1.165) is 38.4 Å². The van der Waals surface area contributed by atoms with Gasteiger partial charge in [0.1, 0.15) is 11.9 Å². The van der Waals surface area contributed by atoms with Crippen LogP contribution in [0.5, 0.6) is 0 Å². The van der Waals surface area contributed by atoms with Crippen molar-refractivity contribution >= 4 is 34.6 Å². The Balaban J connectivity index is 1.55. The number of amides is 1. The highest BCUT2D eigenvalue weighted by Crippen LogP contribution is 2.23. The number of hydrogen-bond acceptors (Lipinski definition) is 4. The van der Waals surface area contributed by atoms with Crippen molar-refractivity contribution in [2.45, 2.75) is 19.9 Å². The fourth-order valence-corrected chi connectivity index (χ4v) is 3.45. The third kappa shape index (κ3) is 5.14. The lowest BCUT2D eigenvalue weighted by molar-refractivity contribution is -0.116. The Morgan fingerprint density at radius 3 is 2.43 bits per heavy atom. The first-order chi connectivity index (χ1) is 13.5. The SMILES string of the molecule is CCN1CCN(c2ccc(N[C@@H](C)C(=O)Nc3ccc(F)cc3Cl)cc2)CC1. The molecule has 7 heteroatoms. The van der Waals surface area contributed by atoms with Crippen molar-refractivity contribution in [1.82, 2.24) is 4.90 Å². The maximum Gasteiger partial charge on any atom is 0.246 e. The molecule has 1 amide bonds. The summed E-state index contributed by atoms with van der Waals surface area (Å²) in [6.07, 6.45) is 0. The van der Waals surface area contributed by atoms with Gasteiger partial charge in [-0.05, 0) is 55.9 Å². The van der Waals surface area contributed by atoms with E-state index in [1.165, 1.54) is 23.9 Å². The van der Waals surface area contributed by atoms with Crippen molar-refractivity contribution in [3.63, 3.8) is 0 Å². The maximum absolute atomic E-state index is 13.1. The molecular weight excluding hydrogens is 379 g/mol. The second-order valence-electron chi connectivity index (χ2n) is 6.95. The molecule has 0 saturated carbocycles. The van der Waals surface area contributed by atoms with Crippen LogP contribution in [0.15, 0.2) is 42.5 Å². The van der Waals surface area contributed by atoms with Gasteiger partial charge in [0.15, 0.2) is 0 Å². The van der Waals surface area contributed by atoms with E-state index in [2.05, 4.69) is 39.5 Å². The molecule has 0 unspecified atom stereocenters. The third-order valence-electron chi connectivity index (χ3n) is 5.02. The number of carbonyl (C=O) groups excluding carboxylic acids is 1. The summed E-state index contributed by atoms with van der Waals surface area (Å²) in [5.41, 5.74) is 2.45. The molecule has 1 fully saturated rings. The van der Waals surface area contributed by atoms with Crippen molar-refractivity contribution in [3.8, 4) is 0 Å². The first-order valence-electron chi connectivity index (χ1n) is 9.56. The van der Waals surface area contributed by atoms with Gasteiger partial charge in [-0.15, -0.1) is 0 Å². The molecule has 1 heterocycles. The predicted octanol–water partition coefficient (Wildman–Crippen LogP) is 4.06. The Bertz CT molecular complexity index is 807. The molecule has 0 aliphatic carbocycles. The number of benzene rings is 2. The Hall–Kier alpha value is -2.31. The van der Waals surface area contributed by atoms with Crippen LogP contribution in [0.1, 0.15) is 13.8 Å². The highest BCUT2D eigenvalue weighted by atomic mass is 35.5. The minimum atomic E-state index is -0.472. The maximum atomic E-state index is 13.1. The molecule has 2 N–H and O–H groups in total. The summed E-state index contributed by atoms with van der Waals surface area (Å²) < 4.78 is 13.1. The van der Waals surface area contributed by atoms with Crippen molar-refractivity contribution < 1.29 is 9.18 Å². The van der Waals surface area contributed by atoms with Gasteiger partial charge >= 0.3 is 0 Å². The Morgan fingerprint density at radius 2 is 1.82 bits per heavy atom. The molecule has 0 aromatic heterocycles. The summed E-state index contributed by atoms with van der Waals surface area (Å²) in [6, 6.07) is 11.5. The Kier molecular flexibility index (Phi) is 6.75. The van der Waals surface area contributed by atoms with E-state index in [1.807, 2.05) is 12.1 Å². The standard InChI is InChI=1S/C21H26ClFN4O/c1-3-26-10-12-27(13-11-26)18-7-5-17(6-8-18)24-15(2)21(28)25-20-9-4-16(23)14-19(20)22/h4-9,14-15,24H,3,10-13H2,1-2H3,(H,25,28)/t15-/m0/s1. The summed E-state index contributed by atoms with van der Waals surface area (Å²) >= 11 is 5.97. The van der Waals surface area contributed by atoms with Gasteiger partial charge in [-0.2, -0.15) is 0 Å². The minimum absolute atomic E-state index is 0.174. The number of piperazine rings is 1. The van der Waals surface area contributed by atoms with Crippen molar-refractivity contribution in [2.75, 3.05) is 48.3 Å². The monoisotopic (exact) mass is 404 g/mol. The van der Waals surface area contributed by atoms with E-state index in [4.69, 9.17) is 11.6 Å². The Labute approximate surface area is 170 Å². The van der Waals surface area contributed by atoms with Crippen LogP contribution in [0.2, 0.25) is 5.02 Å². The van der Waals surface area contributed by atoms with Crippen LogP contribution in [0, 0.1) is 5.82 Å². The molecule has 1 saturated heterocycles. The summed E-state index contributed by atoms with van der Waals surface area (Å²) in [5, 5.41) is 6.07. The smallest absolute Gasteiger partial charge is 0.246 e. The van der Waals surface area contributed by atoms with E-state index < -0.39 is 11.9 Å². The molecule has 28 heavy (non-hydrogen) atoms. The molecular formula is C21H26ClFN4O. The van der Waals surface area contributed by atoms with Crippen LogP contribution in [0.4, 0.5) is 21.5 Å². The van der Waals surface area contributed by atoms with Gasteiger partial charge in [0.25, 0.3) is 0 Å². The number of likely N-dealkylation sites (N-methyl/N-ethyl adjacent to an activating group) is 1. The lowest BCUT2D eigenvalue weighted by atomic mass is 10.2. The number of anilines is 3. The summed E-state index contributed by atoms with van der Waals surface area (Å²) in [4.78, 5) is 17.2. The van der Waals surface area contributed by atoms with Gasteiger partial charge in [0.2, 0.25) is 5.91 Å². The second-order valence-corrected chi connectivity index (χ2v) is 7.35. The lowest BCUT2D eigenvalue weighted by Gasteiger charge is -2.35. The van der Waals surface area contributed by atoms with Crippen LogP contribution in [0.3, 0.4) is 0 Å². The van der Waals surface area contributed by atoms with Gasteiger partial charge in [-0.1, -0.05) is 18.5 Å². The lowest BCUT2D eigenvalue weighted by Crippen LogP contribution is -2.46. The second kappa shape index (κ2) is 9.26. The molecule has 0 bridgehead atoms. The van der Waals surface area contributed by atoms with Gasteiger partial charge < -0.3 is 20.4 Å². The average molecular weight is 405 g/mol. The molecule has 0 radical (unpaired) electrons. The number of rotatable bonds is 6. The molecule has 2 aromatic carbocycles. The first-order valence-corrected chi connectivity index (χ1v) is 9.94. The summed E-state index contributed by atoms with van der Waals surface area (Å²) in [6.45, 7) is 9.27. The zero-order valence-electron chi connectivity index (χ0n) is 16.2. The number of nitrogens with zero attached hydrogens (tertiary/aromatic N) is 2. The largest absolute Gasteiger partial charge is 0.374 e. The first kappa shape index (κ1) is 20.4. The van der Waals surface area contributed by atoms with Gasteiger partial charge in [0, 0.05) is 37.6 Å². The van der Waals surface area contributed by atoms with Crippen molar-refractivity contribution in [2.24, 2.45) is 0 Å². The number of carbonyl (C=O) groups is 1. The average Bonchev–Trinajstić information content (AvgIpc) is 2.70. The van der Waals surface area contributed by atoms with Gasteiger partial charge in [-0.25, -0.2) is 4.39 Å². The molecule has 2 aromatic rings. The van der Waals surface area contributed by atoms with E-state index in [1.54, 1.807) is 6.92 Å². The molecule has 1 aliphatic rings. The quantitative estimate of drug-likeness (QED) is 0.762. The molecule has 150 valence electrons. The van der Waals surface area contributed by atoms with E-state index in [0.29, 0.717) is 5.69 Å². The highest BCUT2D eigenvalue weighted by Gasteiger charge is 2.17.